The van der Waals surface area contributed by atoms with Crippen LogP contribution in [0, 0.1) is 11.7 Å². The van der Waals surface area contributed by atoms with Crippen LogP contribution in [-0.4, -0.2) is 29.9 Å². The van der Waals surface area contributed by atoms with Gasteiger partial charge in [0.2, 0.25) is 5.91 Å². The van der Waals surface area contributed by atoms with Crippen molar-refractivity contribution in [2.24, 2.45) is 11.7 Å². The lowest BCUT2D eigenvalue weighted by Gasteiger charge is -2.38. The van der Waals surface area contributed by atoms with Crippen LogP contribution in [0.3, 0.4) is 0 Å². The molecule has 2 N–H and O–H groups in total. The summed E-state index contributed by atoms with van der Waals surface area (Å²) < 4.78 is 18.5. The van der Waals surface area contributed by atoms with Gasteiger partial charge in [-0.2, -0.15) is 0 Å². The van der Waals surface area contributed by atoms with E-state index in [0.717, 1.165) is 30.3 Å². The Kier molecular flexibility index (Phi) is 4.16. The molecule has 5 heteroatoms. The number of rotatable bonds is 3. The minimum Gasteiger partial charge on any atom is -0.464 e. The zero-order valence-corrected chi connectivity index (χ0v) is 12.7. The maximum Gasteiger partial charge on any atom is 0.227 e. The lowest BCUT2D eigenvalue weighted by Crippen LogP contribution is -2.49. The zero-order chi connectivity index (χ0) is 15.7. The Morgan fingerprint density at radius 2 is 2.32 bits per heavy atom. The molecule has 1 amide bonds. The first-order valence-electron chi connectivity index (χ1n) is 7.73. The second-order valence-electron chi connectivity index (χ2n) is 6.18. The molecule has 1 aromatic heterocycles. The van der Waals surface area contributed by atoms with Crippen molar-refractivity contribution < 1.29 is 13.6 Å². The largest absolute Gasteiger partial charge is 0.464 e. The van der Waals surface area contributed by atoms with Crippen LogP contribution in [0.4, 0.5) is 4.39 Å². The zero-order valence-electron chi connectivity index (χ0n) is 12.7. The summed E-state index contributed by atoms with van der Waals surface area (Å²) in [5, 5.41) is 0.796. The average molecular weight is 304 g/mol. The van der Waals surface area contributed by atoms with Gasteiger partial charge in [-0.3, -0.25) is 4.79 Å². The molecule has 2 heterocycles. The van der Waals surface area contributed by atoms with Gasteiger partial charge in [-0.25, -0.2) is 4.39 Å². The highest BCUT2D eigenvalue weighted by Crippen LogP contribution is 2.26. The van der Waals surface area contributed by atoms with E-state index in [1.165, 1.54) is 12.1 Å². The number of halogens is 1. The smallest absolute Gasteiger partial charge is 0.227 e. The van der Waals surface area contributed by atoms with Crippen LogP contribution in [0.1, 0.15) is 25.3 Å². The summed E-state index contributed by atoms with van der Waals surface area (Å²) in [5.74, 6) is 0.331. The summed E-state index contributed by atoms with van der Waals surface area (Å²) in [7, 11) is 0. The van der Waals surface area contributed by atoms with Crippen molar-refractivity contribution in [2.75, 3.05) is 13.1 Å². The first-order chi connectivity index (χ1) is 10.6. The summed E-state index contributed by atoms with van der Waals surface area (Å²) in [5.41, 5.74) is 7.10. The van der Waals surface area contributed by atoms with E-state index in [1.54, 1.807) is 12.3 Å². The van der Waals surface area contributed by atoms with Gasteiger partial charge >= 0.3 is 0 Å². The molecule has 0 aliphatic carbocycles. The average Bonchev–Trinajstić information content (AvgIpc) is 2.89. The van der Waals surface area contributed by atoms with Gasteiger partial charge in [0.15, 0.2) is 0 Å². The number of hydrogen-bond donors (Lipinski definition) is 1. The molecule has 0 radical (unpaired) electrons. The molecule has 1 aliphatic heterocycles. The fourth-order valence-electron chi connectivity index (χ4n) is 3.26. The van der Waals surface area contributed by atoms with Crippen LogP contribution in [0.2, 0.25) is 0 Å². The van der Waals surface area contributed by atoms with Gasteiger partial charge in [0.25, 0.3) is 0 Å². The maximum atomic E-state index is 13.2. The summed E-state index contributed by atoms with van der Waals surface area (Å²) in [4.78, 5) is 14.5. The molecule has 3 rings (SSSR count). The number of likely N-dealkylation sites (tertiary alicyclic amines) is 1. The number of nitrogens with two attached hydrogens (primary N) is 1. The van der Waals surface area contributed by atoms with Crippen LogP contribution in [0.5, 0.6) is 0 Å². The molecule has 0 spiro atoms. The molecule has 2 unspecified atom stereocenters. The quantitative estimate of drug-likeness (QED) is 0.948. The predicted octanol–water partition coefficient (Wildman–Crippen LogP) is 2.70. The number of piperidine rings is 1. The van der Waals surface area contributed by atoms with Gasteiger partial charge in [-0.15, -0.1) is 0 Å². The lowest BCUT2D eigenvalue weighted by atomic mass is 9.92. The second-order valence-corrected chi connectivity index (χ2v) is 6.18. The molecule has 0 saturated carbocycles. The Morgan fingerprint density at radius 3 is 3.09 bits per heavy atom. The molecule has 1 saturated heterocycles. The summed E-state index contributed by atoms with van der Waals surface area (Å²) >= 11 is 0. The van der Waals surface area contributed by atoms with E-state index < -0.39 is 0 Å². The van der Waals surface area contributed by atoms with E-state index in [1.807, 2.05) is 4.90 Å². The summed E-state index contributed by atoms with van der Waals surface area (Å²) in [6.07, 6.45) is 3.79. The predicted molar refractivity (Wildman–Crippen MR) is 82.8 cm³/mol. The fourth-order valence-corrected chi connectivity index (χ4v) is 3.26. The third kappa shape index (κ3) is 2.86. The lowest BCUT2D eigenvalue weighted by molar-refractivity contribution is -0.134. The molecule has 2 aromatic rings. The van der Waals surface area contributed by atoms with E-state index in [0.29, 0.717) is 18.0 Å². The fraction of sp³-hybridized carbons (Fsp3) is 0.471. The Balaban J connectivity index is 1.78. The van der Waals surface area contributed by atoms with Crippen LogP contribution >= 0.6 is 0 Å². The minimum atomic E-state index is -0.340. The SMILES string of the molecule is CC1CCN(C(=O)Cc2coc3cc(F)ccc23)C(CN)C1. The van der Waals surface area contributed by atoms with E-state index in [2.05, 4.69) is 6.92 Å². The van der Waals surface area contributed by atoms with Crippen LogP contribution < -0.4 is 5.73 Å². The number of furan rings is 1. The van der Waals surface area contributed by atoms with Crippen LogP contribution in [0.15, 0.2) is 28.9 Å². The van der Waals surface area contributed by atoms with Gasteiger partial charge in [0, 0.05) is 36.1 Å². The Labute approximate surface area is 129 Å². The number of benzene rings is 1. The van der Waals surface area contributed by atoms with Crippen molar-refractivity contribution in [2.45, 2.75) is 32.2 Å². The second kappa shape index (κ2) is 6.08. The molecule has 22 heavy (non-hydrogen) atoms. The van der Waals surface area contributed by atoms with Gasteiger partial charge < -0.3 is 15.1 Å². The molecular formula is C17H21FN2O2. The molecule has 1 fully saturated rings. The maximum absolute atomic E-state index is 13.2. The highest BCUT2D eigenvalue weighted by molar-refractivity contribution is 5.87. The van der Waals surface area contributed by atoms with Crippen molar-refractivity contribution in [3.8, 4) is 0 Å². The van der Waals surface area contributed by atoms with E-state index in [4.69, 9.17) is 10.2 Å². The molecular weight excluding hydrogens is 283 g/mol. The number of fused-ring (bicyclic) bond motifs is 1. The Morgan fingerprint density at radius 1 is 1.50 bits per heavy atom. The van der Waals surface area contributed by atoms with Gasteiger partial charge in [-0.05, 0) is 30.9 Å². The number of amides is 1. The van der Waals surface area contributed by atoms with E-state index in [9.17, 15) is 9.18 Å². The molecule has 1 aliphatic rings. The highest BCUT2D eigenvalue weighted by Gasteiger charge is 2.29. The summed E-state index contributed by atoms with van der Waals surface area (Å²) in [6, 6.07) is 4.51. The number of nitrogens with zero attached hydrogens (tertiary/aromatic N) is 1. The third-order valence-electron chi connectivity index (χ3n) is 4.53. The normalized spacial score (nSPS) is 22.2. The number of carbonyl (C=O) groups is 1. The van der Waals surface area contributed by atoms with Gasteiger partial charge in [0.1, 0.15) is 11.4 Å². The monoisotopic (exact) mass is 304 g/mol. The molecule has 118 valence electrons. The molecule has 1 aromatic carbocycles. The first-order valence-corrected chi connectivity index (χ1v) is 7.73. The van der Waals surface area contributed by atoms with Gasteiger partial charge in [-0.1, -0.05) is 6.92 Å². The standard InChI is InChI=1S/C17H21FN2O2/c1-11-4-5-20(14(6-11)9-19)17(21)7-12-10-22-16-8-13(18)2-3-15(12)16/h2-3,8,10-11,14H,4-7,9,19H2,1H3. The van der Waals surface area contributed by atoms with Crippen molar-refractivity contribution in [3.05, 3.63) is 35.8 Å². The van der Waals surface area contributed by atoms with Crippen LogP contribution in [-0.2, 0) is 11.2 Å². The Bertz CT molecular complexity index is 682. The third-order valence-corrected chi connectivity index (χ3v) is 4.53. The van der Waals surface area contributed by atoms with E-state index >= 15 is 0 Å². The van der Waals surface area contributed by atoms with E-state index in [-0.39, 0.29) is 24.2 Å². The van der Waals surface area contributed by atoms with Crippen LogP contribution in [0.25, 0.3) is 11.0 Å². The molecule has 4 nitrogen and oxygen atoms in total. The summed E-state index contributed by atoms with van der Waals surface area (Å²) in [6.45, 7) is 3.45. The molecule has 0 bridgehead atoms. The first kappa shape index (κ1) is 15.0. The van der Waals surface area contributed by atoms with Gasteiger partial charge in [0.05, 0.1) is 12.7 Å². The number of hydrogen-bond acceptors (Lipinski definition) is 3. The Hall–Kier alpha value is -1.88. The van der Waals surface area contributed by atoms with Crippen molar-refractivity contribution >= 4 is 16.9 Å². The van der Waals surface area contributed by atoms with Crippen molar-refractivity contribution in [3.63, 3.8) is 0 Å². The van der Waals surface area contributed by atoms with Crippen molar-refractivity contribution in [1.29, 1.82) is 0 Å². The van der Waals surface area contributed by atoms with Crippen molar-refractivity contribution in [1.82, 2.24) is 4.90 Å². The highest BCUT2D eigenvalue weighted by atomic mass is 19.1. The minimum absolute atomic E-state index is 0.0642. The molecule has 2 atom stereocenters. The topological polar surface area (TPSA) is 59.5 Å². The number of carbonyl (C=O) groups excluding carboxylic acids is 1.